The Morgan fingerprint density at radius 2 is 1.69 bits per heavy atom. The van der Waals surface area contributed by atoms with Crippen LogP contribution in [0.25, 0.3) is 0 Å². The van der Waals surface area contributed by atoms with Crippen LogP contribution in [0.15, 0.2) is 18.3 Å². The van der Waals surface area contributed by atoms with Gasteiger partial charge in [-0.2, -0.15) is 0 Å². The molecule has 1 unspecified atom stereocenters. The molecule has 6 aliphatic rings. The fourth-order valence-corrected chi connectivity index (χ4v) is 7.64. The van der Waals surface area contributed by atoms with E-state index in [1.54, 1.807) is 0 Å². The minimum Gasteiger partial charge on any atom is -0.378 e. The van der Waals surface area contributed by atoms with Gasteiger partial charge in [-0.3, -0.25) is 9.59 Å². The Balaban J connectivity index is 1.13. The number of nitrogens with one attached hydrogen (secondary N) is 1. The minimum absolute atomic E-state index is 0.0906. The molecule has 3 heterocycles. The summed E-state index contributed by atoms with van der Waals surface area (Å²) in [6.45, 7) is 3.89. The highest BCUT2D eigenvalue weighted by atomic mass is 16.5. The van der Waals surface area contributed by atoms with Gasteiger partial charge in [0.1, 0.15) is 11.9 Å². The van der Waals surface area contributed by atoms with E-state index in [4.69, 9.17) is 4.74 Å². The molecule has 32 heavy (non-hydrogen) atoms. The molecule has 2 aliphatic heterocycles. The molecule has 7 rings (SSSR count). The van der Waals surface area contributed by atoms with E-state index in [9.17, 15) is 9.59 Å². The summed E-state index contributed by atoms with van der Waals surface area (Å²) in [6.07, 6.45) is 10.6. The number of hydrogen-bond donors (Lipinski definition) is 1. The molecule has 7 heteroatoms. The Morgan fingerprint density at radius 1 is 1.00 bits per heavy atom. The van der Waals surface area contributed by atoms with Gasteiger partial charge in [-0.1, -0.05) is 0 Å². The van der Waals surface area contributed by atoms with Crippen LogP contribution in [0, 0.1) is 23.2 Å². The third kappa shape index (κ3) is 3.58. The second kappa shape index (κ2) is 8.01. The average Bonchev–Trinajstić information content (AvgIpc) is 3.29. The van der Waals surface area contributed by atoms with Crippen LogP contribution in [0.3, 0.4) is 0 Å². The summed E-state index contributed by atoms with van der Waals surface area (Å²) in [5.41, 5.74) is 0.862. The number of pyridine rings is 1. The van der Waals surface area contributed by atoms with Crippen LogP contribution in [0.2, 0.25) is 0 Å². The van der Waals surface area contributed by atoms with Gasteiger partial charge in [0, 0.05) is 19.6 Å². The smallest absolute Gasteiger partial charge is 0.248 e. The fraction of sp³-hybridized carbons (Fsp3) is 0.720. The van der Waals surface area contributed by atoms with Gasteiger partial charge in [-0.25, -0.2) is 4.98 Å². The molecule has 0 spiro atoms. The van der Waals surface area contributed by atoms with E-state index >= 15 is 0 Å². The van der Waals surface area contributed by atoms with E-state index < -0.39 is 0 Å². The number of nitrogens with zero attached hydrogens (tertiary/aromatic N) is 3. The Kier molecular flexibility index (Phi) is 5.12. The molecule has 2 saturated heterocycles. The number of likely N-dealkylation sites (tertiary alicyclic amines) is 1. The summed E-state index contributed by atoms with van der Waals surface area (Å²) < 4.78 is 5.41. The average molecular weight is 439 g/mol. The van der Waals surface area contributed by atoms with Crippen molar-refractivity contribution in [3.8, 4) is 0 Å². The molecule has 7 nitrogen and oxygen atoms in total. The van der Waals surface area contributed by atoms with E-state index in [-0.39, 0.29) is 23.3 Å². The largest absolute Gasteiger partial charge is 0.378 e. The Morgan fingerprint density at radius 3 is 2.31 bits per heavy atom. The summed E-state index contributed by atoms with van der Waals surface area (Å²) in [5, 5.41) is 2.99. The summed E-state index contributed by atoms with van der Waals surface area (Å²) in [6, 6.07) is 3.50. The van der Waals surface area contributed by atoms with Crippen molar-refractivity contribution in [2.75, 3.05) is 43.1 Å². The van der Waals surface area contributed by atoms with E-state index in [1.807, 2.05) is 23.2 Å². The van der Waals surface area contributed by atoms with Crippen molar-refractivity contribution in [3.05, 3.63) is 18.3 Å². The quantitative estimate of drug-likeness (QED) is 0.782. The lowest BCUT2D eigenvalue weighted by molar-refractivity contribution is -0.160. The predicted octanol–water partition coefficient (Wildman–Crippen LogP) is 3.06. The maximum atomic E-state index is 13.8. The normalized spacial score (nSPS) is 35.9. The minimum atomic E-state index is -0.365. The lowest BCUT2D eigenvalue weighted by Gasteiger charge is -2.56. The number of carbonyl (C=O) groups is 2. The number of ether oxygens (including phenoxy) is 1. The lowest BCUT2D eigenvalue weighted by Crippen LogP contribution is -2.56. The van der Waals surface area contributed by atoms with Gasteiger partial charge in [0.2, 0.25) is 11.8 Å². The molecular formula is C25H34N4O3. The predicted molar refractivity (Wildman–Crippen MR) is 121 cm³/mol. The molecule has 1 aromatic rings. The topological polar surface area (TPSA) is 74.8 Å². The van der Waals surface area contributed by atoms with E-state index in [0.29, 0.717) is 12.4 Å². The highest BCUT2D eigenvalue weighted by molar-refractivity contribution is 5.98. The molecular weight excluding hydrogens is 404 g/mol. The SMILES string of the molecule is O=C(Nc1ccc(N2CCOCC2)cn1)C1CCCN1C(=O)C12CC3CC(CC(C3)C1)C2. The first kappa shape index (κ1) is 20.5. The molecule has 1 aromatic heterocycles. The summed E-state index contributed by atoms with van der Waals surface area (Å²) in [7, 11) is 0. The molecule has 1 N–H and O–H groups in total. The first-order valence-electron chi connectivity index (χ1n) is 12.5. The first-order chi connectivity index (χ1) is 15.6. The van der Waals surface area contributed by atoms with Crippen molar-refractivity contribution in [2.24, 2.45) is 23.2 Å². The van der Waals surface area contributed by atoms with Crippen molar-refractivity contribution in [3.63, 3.8) is 0 Å². The van der Waals surface area contributed by atoms with Crippen molar-refractivity contribution in [1.29, 1.82) is 0 Å². The van der Waals surface area contributed by atoms with Gasteiger partial charge >= 0.3 is 0 Å². The van der Waals surface area contributed by atoms with Gasteiger partial charge in [0.05, 0.1) is 30.5 Å². The lowest BCUT2D eigenvalue weighted by atomic mass is 9.49. The summed E-state index contributed by atoms with van der Waals surface area (Å²) >= 11 is 0. The molecule has 4 aliphatic carbocycles. The van der Waals surface area contributed by atoms with Gasteiger partial charge in [-0.05, 0) is 81.3 Å². The van der Waals surface area contributed by atoms with Crippen molar-refractivity contribution in [2.45, 2.75) is 57.4 Å². The fourth-order valence-electron chi connectivity index (χ4n) is 7.64. The summed E-state index contributed by atoms with van der Waals surface area (Å²) in [4.78, 5) is 35.6. The second-order valence-corrected chi connectivity index (χ2v) is 10.8. The third-order valence-electron chi connectivity index (χ3n) is 8.68. The van der Waals surface area contributed by atoms with E-state index in [1.165, 1.54) is 19.3 Å². The highest BCUT2D eigenvalue weighted by Gasteiger charge is 2.56. The van der Waals surface area contributed by atoms with E-state index in [0.717, 1.165) is 81.8 Å². The first-order valence-corrected chi connectivity index (χ1v) is 12.5. The highest BCUT2D eigenvalue weighted by Crippen LogP contribution is 2.60. The number of carbonyl (C=O) groups excluding carboxylic acids is 2. The third-order valence-corrected chi connectivity index (χ3v) is 8.68. The number of morpholine rings is 1. The van der Waals surface area contributed by atoms with Gasteiger partial charge < -0.3 is 19.9 Å². The van der Waals surface area contributed by atoms with Crippen molar-refractivity contribution >= 4 is 23.3 Å². The molecule has 1 atom stereocenters. The zero-order valence-corrected chi connectivity index (χ0v) is 18.8. The number of anilines is 2. The number of amides is 2. The Bertz CT molecular complexity index is 844. The van der Waals surface area contributed by atoms with E-state index in [2.05, 4.69) is 15.2 Å². The monoisotopic (exact) mass is 438 g/mol. The van der Waals surface area contributed by atoms with Crippen LogP contribution in [0.4, 0.5) is 11.5 Å². The maximum Gasteiger partial charge on any atom is 0.248 e. The Hall–Kier alpha value is -2.15. The van der Waals surface area contributed by atoms with Crippen LogP contribution in [-0.4, -0.2) is 60.6 Å². The van der Waals surface area contributed by atoms with Crippen LogP contribution >= 0.6 is 0 Å². The van der Waals surface area contributed by atoms with Crippen molar-refractivity contribution in [1.82, 2.24) is 9.88 Å². The number of hydrogen-bond acceptors (Lipinski definition) is 5. The van der Waals surface area contributed by atoms with Crippen molar-refractivity contribution < 1.29 is 14.3 Å². The van der Waals surface area contributed by atoms with Gasteiger partial charge in [-0.15, -0.1) is 0 Å². The van der Waals surface area contributed by atoms with Crippen LogP contribution in [0.5, 0.6) is 0 Å². The zero-order valence-electron chi connectivity index (χ0n) is 18.8. The van der Waals surface area contributed by atoms with Gasteiger partial charge in [0.25, 0.3) is 0 Å². The maximum absolute atomic E-state index is 13.8. The molecule has 2 amide bonds. The molecule has 6 fully saturated rings. The van der Waals surface area contributed by atoms with Crippen LogP contribution in [0.1, 0.15) is 51.4 Å². The van der Waals surface area contributed by atoms with Crippen LogP contribution in [-0.2, 0) is 14.3 Å². The molecule has 4 saturated carbocycles. The van der Waals surface area contributed by atoms with Crippen LogP contribution < -0.4 is 10.2 Å². The second-order valence-electron chi connectivity index (χ2n) is 10.8. The molecule has 0 aromatic carbocycles. The molecule has 172 valence electrons. The van der Waals surface area contributed by atoms with Gasteiger partial charge in [0.15, 0.2) is 0 Å². The Labute approximate surface area is 189 Å². The summed E-state index contributed by atoms with van der Waals surface area (Å²) in [5.74, 6) is 2.93. The zero-order chi connectivity index (χ0) is 21.7. The molecule has 0 radical (unpaired) electrons. The number of rotatable bonds is 4. The molecule has 4 bridgehead atoms. The number of aromatic nitrogens is 1. The standard InChI is InChI=1S/C25H34N4O3/c30-23(27-22-4-3-20(16-26-22)28-6-8-32-9-7-28)21-2-1-5-29(21)24(31)25-13-17-10-18(14-25)12-19(11-17)15-25/h3-4,16-19,21H,1-2,5-15H2,(H,26,27,30).